The molecule has 166 valence electrons. The summed E-state index contributed by atoms with van der Waals surface area (Å²) in [6.45, 7) is 2.59. The largest absolute Gasteiger partial charge is 0.377 e. The lowest BCUT2D eigenvalue weighted by atomic mass is 10.2. The average Bonchev–Trinajstić information content (AvgIpc) is 3.51. The molecule has 1 atom stereocenters. The number of hydrogen-bond donors (Lipinski definition) is 1. The minimum Gasteiger partial charge on any atom is -0.377 e. The van der Waals surface area contributed by atoms with Crippen molar-refractivity contribution in [1.82, 2.24) is 14.5 Å². The second-order valence-electron chi connectivity index (χ2n) is 7.58. The molecule has 4 rings (SSSR count). The Morgan fingerprint density at radius 3 is 2.45 bits per heavy atom. The van der Waals surface area contributed by atoms with Crippen LogP contribution in [0.5, 0.6) is 0 Å². The van der Waals surface area contributed by atoms with Gasteiger partial charge in [-0.15, -0.1) is 11.3 Å². The Balaban J connectivity index is 1.37. The van der Waals surface area contributed by atoms with Crippen molar-refractivity contribution in [1.29, 1.82) is 0 Å². The van der Waals surface area contributed by atoms with Gasteiger partial charge in [-0.25, -0.2) is 13.1 Å². The molecule has 0 radical (unpaired) electrons. The number of carbonyl (C=O) groups is 2. The van der Waals surface area contributed by atoms with Crippen molar-refractivity contribution in [3.8, 4) is 0 Å². The molecular formula is C21H25N3O5S2. The molecule has 8 nitrogen and oxygen atoms in total. The summed E-state index contributed by atoms with van der Waals surface area (Å²) in [6.07, 6.45) is 1.66. The van der Waals surface area contributed by atoms with Gasteiger partial charge in [-0.1, -0.05) is 12.1 Å². The van der Waals surface area contributed by atoms with E-state index in [0.29, 0.717) is 43.2 Å². The van der Waals surface area contributed by atoms with Gasteiger partial charge >= 0.3 is 0 Å². The van der Waals surface area contributed by atoms with E-state index in [9.17, 15) is 18.0 Å². The first-order valence-corrected chi connectivity index (χ1v) is 12.6. The first kappa shape index (κ1) is 21.9. The van der Waals surface area contributed by atoms with Crippen LogP contribution in [0.1, 0.15) is 32.9 Å². The monoisotopic (exact) mass is 463 g/mol. The molecule has 31 heavy (non-hydrogen) atoms. The van der Waals surface area contributed by atoms with E-state index in [-0.39, 0.29) is 29.4 Å². The van der Waals surface area contributed by atoms with Crippen LogP contribution in [-0.2, 0) is 14.8 Å². The molecule has 3 heterocycles. The number of piperazine rings is 1. The third-order valence-corrected chi connectivity index (χ3v) is 7.78. The number of rotatable bonds is 6. The van der Waals surface area contributed by atoms with Crippen molar-refractivity contribution in [2.24, 2.45) is 0 Å². The number of thiophene rings is 1. The fourth-order valence-corrected chi connectivity index (χ4v) is 5.54. The Hall–Kier alpha value is -2.27. The third kappa shape index (κ3) is 5.15. The van der Waals surface area contributed by atoms with Crippen LogP contribution in [0.2, 0.25) is 0 Å². The zero-order valence-electron chi connectivity index (χ0n) is 17.0. The van der Waals surface area contributed by atoms with Crippen LogP contribution in [0.25, 0.3) is 0 Å². The molecule has 2 aromatic rings. The molecule has 1 unspecified atom stereocenters. The van der Waals surface area contributed by atoms with E-state index in [1.54, 1.807) is 28.0 Å². The van der Waals surface area contributed by atoms with Gasteiger partial charge in [0.15, 0.2) is 0 Å². The normalized spacial score (nSPS) is 19.5. The molecule has 2 aliphatic heterocycles. The smallest absolute Gasteiger partial charge is 0.264 e. The van der Waals surface area contributed by atoms with Crippen LogP contribution in [0.4, 0.5) is 0 Å². The summed E-state index contributed by atoms with van der Waals surface area (Å²) in [5, 5.41) is 1.86. The molecule has 2 saturated heterocycles. The van der Waals surface area contributed by atoms with Gasteiger partial charge in [0.05, 0.1) is 15.9 Å². The first-order chi connectivity index (χ1) is 14.9. The second-order valence-corrected chi connectivity index (χ2v) is 10.3. The van der Waals surface area contributed by atoms with Crippen molar-refractivity contribution in [2.45, 2.75) is 23.8 Å². The summed E-state index contributed by atoms with van der Waals surface area (Å²) in [4.78, 5) is 29.6. The van der Waals surface area contributed by atoms with Crippen molar-refractivity contribution in [3.63, 3.8) is 0 Å². The van der Waals surface area contributed by atoms with E-state index >= 15 is 0 Å². The number of nitrogens with zero attached hydrogens (tertiary/aromatic N) is 2. The van der Waals surface area contributed by atoms with E-state index in [4.69, 9.17) is 4.74 Å². The number of benzene rings is 1. The maximum absolute atomic E-state index is 12.9. The third-order valence-electron chi connectivity index (χ3n) is 5.50. The molecule has 0 spiro atoms. The highest BCUT2D eigenvalue weighted by Crippen LogP contribution is 2.18. The van der Waals surface area contributed by atoms with Gasteiger partial charge in [0.25, 0.3) is 11.8 Å². The summed E-state index contributed by atoms with van der Waals surface area (Å²) >= 11 is 1.40. The van der Waals surface area contributed by atoms with E-state index in [1.165, 1.54) is 23.5 Å². The lowest BCUT2D eigenvalue weighted by Gasteiger charge is -2.34. The van der Waals surface area contributed by atoms with E-state index < -0.39 is 10.0 Å². The van der Waals surface area contributed by atoms with Crippen molar-refractivity contribution >= 4 is 33.2 Å². The van der Waals surface area contributed by atoms with E-state index in [0.717, 1.165) is 12.8 Å². The highest BCUT2D eigenvalue weighted by Gasteiger charge is 2.27. The van der Waals surface area contributed by atoms with Crippen LogP contribution in [0.3, 0.4) is 0 Å². The zero-order chi connectivity index (χ0) is 21.8. The minimum absolute atomic E-state index is 0.0208. The molecule has 1 aromatic heterocycles. The molecule has 2 amide bonds. The fraction of sp³-hybridized carbons (Fsp3) is 0.429. The standard InChI is InChI=1S/C21H25N3O5S2/c25-20(23-8-10-24(11-9-23)21(26)19-7-3-13-30-19)16-4-1-6-18(14-16)31(27,28)22-15-17-5-2-12-29-17/h1,3-4,6-7,13-14,17,22H,2,5,8-12,15H2. The van der Waals surface area contributed by atoms with Crippen molar-refractivity contribution in [2.75, 3.05) is 39.3 Å². The number of ether oxygens (including phenoxy) is 1. The average molecular weight is 464 g/mol. The van der Waals surface area contributed by atoms with E-state index in [1.807, 2.05) is 11.4 Å². The Morgan fingerprint density at radius 2 is 1.81 bits per heavy atom. The SMILES string of the molecule is O=C(c1cccc(S(=O)(=O)NCC2CCCO2)c1)N1CCN(C(=O)c2cccs2)CC1. The van der Waals surface area contributed by atoms with Crippen LogP contribution < -0.4 is 4.72 Å². The second kappa shape index (κ2) is 9.47. The number of carbonyl (C=O) groups excluding carboxylic acids is 2. The van der Waals surface area contributed by atoms with Gasteiger partial charge in [0.1, 0.15) is 0 Å². The van der Waals surface area contributed by atoms with Gasteiger partial charge in [-0.3, -0.25) is 9.59 Å². The Morgan fingerprint density at radius 1 is 1.06 bits per heavy atom. The van der Waals surface area contributed by atoms with Crippen LogP contribution >= 0.6 is 11.3 Å². The summed E-state index contributed by atoms with van der Waals surface area (Å²) in [5.41, 5.74) is 0.318. The molecular weight excluding hydrogens is 438 g/mol. The molecule has 0 bridgehead atoms. The number of nitrogens with one attached hydrogen (secondary N) is 1. The Kier molecular flexibility index (Phi) is 6.71. The van der Waals surface area contributed by atoms with Crippen molar-refractivity contribution < 1.29 is 22.7 Å². The molecule has 0 aliphatic carbocycles. The fourth-order valence-electron chi connectivity index (χ4n) is 3.74. The lowest BCUT2D eigenvalue weighted by molar-refractivity contribution is 0.0538. The lowest BCUT2D eigenvalue weighted by Crippen LogP contribution is -2.50. The summed E-state index contributed by atoms with van der Waals surface area (Å²) in [7, 11) is -3.73. The quantitative estimate of drug-likeness (QED) is 0.705. The maximum Gasteiger partial charge on any atom is 0.264 e. The van der Waals surface area contributed by atoms with Crippen LogP contribution in [0, 0.1) is 0 Å². The summed E-state index contributed by atoms with van der Waals surface area (Å²) in [6, 6.07) is 9.71. The first-order valence-electron chi connectivity index (χ1n) is 10.3. The number of hydrogen-bond acceptors (Lipinski definition) is 6. The van der Waals surface area contributed by atoms with Crippen molar-refractivity contribution in [3.05, 3.63) is 52.2 Å². The van der Waals surface area contributed by atoms with Gasteiger partial charge in [0.2, 0.25) is 10.0 Å². The predicted molar refractivity (Wildman–Crippen MR) is 117 cm³/mol. The highest BCUT2D eigenvalue weighted by molar-refractivity contribution is 7.89. The molecule has 2 aliphatic rings. The molecule has 1 aromatic carbocycles. The summed E-state index contributed by atoms with van der Waals surface area (Å²) in [5.74, 6) is -0.257. The minimum atomic E-state index is -3.73. The highest BCUT2D eigenvalue weighted by atomic mass is 32.2. The topological polar surface area (TPSA) is 96.0 Å². The van der Waals surface area contributed by atoms with Crippen LogP contribution in [0.15, 0.2) is 46.7 Å². The summed E-state index contributed by atoms with van der Waals surface area (Å²) < 4.78 is 33.3. The van der Waals surface area contributed by atoms with Crippen LogP contribution in [-0.4, -0.2) is 75.5 Å². The Labute approximate surface area is 185 Å². The molecule has 2 fully saturated rings. The van der Waals surface area contributed by atoms with Gasteiger partial charge in [-0.05, 0) is 42.5 Å². The molecule has 10 heteroatoms. The maximum atomic E-state index is 12.9. The predicted octanol–water partition coefficient (Wildman–Crippen LogP) is 1.80. The molecule has 1 N–H and O–H groups in total. The van der Waals surface area contributed by atoms with E-state index in [2.05, 4.69) is 4.72 Å². The van der Waals surface area contributed by atoms with Gasteiger partial charge in [0, 0.05) is 44.9 Å². The molecule has 0 saturated carbocycles. The zero-order valence-corrected chi connectivity index (χ0v) is 18.7. The Bertz CT molecular complexity index is 1030. The van der Waals surface area contributed by atoms with Gasteiger partial charge in [-0.2, -0.15) is 0 Å². The number of sulfonamides is 1. The van der Waals surface area contributed by atoms with Gasteiger partial charge < -0.3 is 14.5 Å². The number of amides is 2.